The number of carbonyl (C=O) groups excluding carboxylic acids is 1. The maximum Gasteiger partial charge on any atom is 0.219 e. The molecule has 1 aliphatic carbocycles. The van der Waals surface area contributed by atoms with Crippen LogP contribution in [0, 0.1) is 17.8 Å². The van der Waals surface area contributed by atoms with Gasteiger partial charge in [-0.15, -0.1) is 0 Å². The quantitative estimate of drug-likeness (QED) is 0.628. The van der Waals surface area contributed by atoms with Crippen LogP contribution in [0.15, 0.2) is 0 Å². The summed E-state index contributed by atoms with van der Waals surface area (Å²) >= 11 is 0. The zero-order valence-electron chi connectivity index (χ0n) is 9.49. The Labute approximate surface area is 86.7 Å². The van der Waals surface area contributed by atoms with Gasteiger partial charge < -0.3 is 4.90 Å². The standard InChI is InChI=1S/C12H21NO/c1-8(2)12-6-11-5-4-10(12)7-13(11)9(3)14/h8,10-12H,4-7H2,1-3H3. The van der Waals surface area contributed by atoms with Crippen molar-refractivity contribution in [2.24, 2.45) is 17.8 Å². The van der Waals surface area contributed by atoms with Gasteiger partial charge in [-0.2, -0.15) is 0 Å². The van der Waals surface area contributed by atoms with Crippen LogP contribution in [0.5, 0.6) is 0 Å². The normalized spacial score (nSPS) is 36.6. The first-order valence-corrected chi connectivity index (χ1v) is 5.86. The maximum absolute atomic E-state index is 11.4. The first-order chi connectivity index (χ1) is 6.59. The van der Waals surface area contributed by atoms with Crippen molar-refractivity contribution < 1.29 is 4.79 Å². The first-order valence-electron chi connectivity index (χ1n) is 5.86. The molecular formula is C12H21NO. The highest BCUT2D eigenvalue weighted by Crippen LogP contribution is 2.42. The van der Waals surface area contributed by atoms with E-state index in [1.54, 1.807) is 6.92 Å². The Morgan fingerprint density at radius 2 is 2.07 bits per heavy atom. The Balaban J connectivity index is 2.08. The van der Waals surface area contributed by atoms with Crippen LogP contribution in [0.25, 0.3) is 0 Å². The fraction of sp³-hybridized carbons (Fsp3) is 0.917. The minimum atomic E-state index is 0.280. The molecule has 1 amide bonds. The van der Waals surface area contributed by atoms with E-state index >= 15 is 0 Å². The van der Waals surface area contributed by atoms with Gasteiger partial charge in [0.05, 0.1) is 0 Å². The lowest BCUT2D eigenvalue weighted by Crippen LogP contribution is -2.54. The molecule has 2 aliphatic heterocycles. The largest absolute Gasteiger partial charge is 0.340 e. The van der Waals surface area contributed by atoms with Crippen molar-refractivity contribution in [2.75, 3.05) is 6.54 Å². The predicted molar refractivity (Wildman–Crippen MR) is 56.8 cm³/mol. The van der Waals surface area contributed by atoms with Crippen molar-refractivity contribution >= 4 is 5.91 Å². The smallest absolute Gasteiger partial charge is 0.219 e. The highest BCUT2D eigenvalue weighted by molar-refractivity contribution is 5.73. The summed E-state index contributed by atoms with van der Waals surface area (Å²) in [5.74, 6) is 2.71. The van der Waals surface area contributed by atoms with Gasteiger partial charge in [-0.25, -0.2) is 0 Å². The monoisotopic (exact) mass is 195 g/mol. The highest BCUT2D eigenvalue weighted by Gasteiger charge is 2.42. The zero-order valence-corrected chi connectivity index (χ0v) is 9.49. The molecule has 2 heteroatoms. The van der Waals surface area contributed by atoms with Gasteiger partial charge in [0, 0.05) is 19.5 Å². The number of rotatable bonds is 1. The molecule has 0 aromatic rings. The summed E-state index contributed by atoms with van der Waals surface area (Å²) in [6.07, 6.45) is 3.84. The summed E-state index contributed by atoms with van der Waals surface area (Å²) in [6.45, 7) is 7.39. The molecule has 0 aromatic heterocycles. The van der Waals surface area contributed by atoms with Crippen molar-refractivity contribution in [1.29, 1.82) is 0 Å². The lowest BCUT2D eigenvalue weighted by molar-refractivity contribution is -0.139. The average Bonchev–Trinajstić information content (AvgIpc) is 2.18. The van der Waals surface area contributed by atoms with Gasteiger partial charge in [0.2, 0.25) is 5.91 Å². The molecule has 2 bridgehead atoms. The first kappa shape index (κ1) is 10.0. The molecule has 3 rings (SSSR count). The summed E-state index contributed by atoms with van der Waals surface area (Å²) in [5, 5.41) is 0. The minimum Gasteiger partial charge on any atom is -0.340 e. The number of carbonyl (C=O) groups is 1. The number of hydrogen-bond acceptors (Lipinski definition) is 1. The van der Waals surface area contributed by atoms with E-state index in [0.717, 1.165) is 24.3 Å². The molecule has 80 valence electrons. The Hall–Kier alpha value is -0.530. The summed E-state index contributed by atoms with van der Waals surface area (Å²) < 4.78 is 0. The van der Waals surface area contributed by atoms with Crippen LogP contribution in [0.4, 0.5) is 0 Å². The highest BCUT2D eigenvalue weighted by atomic mass is 16.2. The third kappa shape index (κ3) is 1.55. The summed E-state index contributed by atoms with van der Waals surface area (Å²) in [6, 6.07) is 0.560. The number of piperidine rings is 2. The lowest BCUT2D eigenvalue weighted by atomic mass is 9.68. The molecule has 0 aromatic carbocycles. The van der Waals surface area contributed by atoms with Crippen molar-refractivity contribution in [3.63, 3.8) is 0 Å². The molecule has 0 spiro atoms. The molecular weight excluding hydrogens is 174 g/mol. The summed E-state index contributed by atoms with van der Waals surface area (Å²) in [5.41, 5.74) is 0. The van der Waals surface area contributed by atoms with Crippen LogP contribution in [0.2, 0.25) is 0 Å². The van der Waals surface area contributed by atoms with E-state index in [4.69, 9.17) is 0 Å². The summed E-state index contributed by atoms with van der Waals surface area (Å²) in [7, 11) is 0. The fourth-order valence-corrected chi connectivity index (χ4v) is 3.36. The number of amides is 1. The SMILES string of the molecule is CC(=O)N1CC2CCC1CC2C(C)C. The Morgan fingerprint density at radius 1 is 1.36 bits per heavy atom. The van der Waals surface area contributed by atoms with Crippen LogP contribution in [0.3, 0.4) is 0 Å². The van der Waals surface area contributed by atoms with Gasteiger partial charge in [0.1, 0.15) is 0 Å². The Bertz CT molecular complexity index is 236. The fourth-order valence-electron chi connectivity index (χ4n) is 3.36. The van der Waals surface area contributed by atoms with E-state index in [2.05, 4.69) is 18.7 Å². The van der Waals surface area contributed by atoms with Crippen LogP contribution >= 0.6 is 0 Å². The average molecular weight is 195 g/mol. The molecule has 3 fully saturated rings. The third-order valence-electron chi connectivity index (χ3n) is 4.15. The topological polar surface area (TPSA) is 20.3 Å². The summed E-state index contributed by atoms with van der Waals surface area (Å²) in [4.78, 5) is 13.5. The van der Waals surface area contributed by atoms with Crippen molar-refractivity contribution in [1.82, 2.24) is 4.90 Å². The lowest BCUT2D eigenvalue weighted by Gasteiger charge is -2.50. The van der Waals surface area contributed by atoms with Crippen molar-refractivity contribution in [2.45, 2.75) is 46.1 Å². The van der Waals surface area contributed by atoms with Crippen LogP contribution < -0.4 is 0 Å². The van der Waals surface area contributed by atoms with Gasteiger partial charge >= 0.3 is 0 Å². The van der Waals surface area contributed by atoms with E-state index in [0.29, 0.717) is 6.04 Å². The second kappa shape index (κ2) is 3.56. The molecule has 0 N–H and O–H groups in total. The van der Waals surface area contributed by atoms with Crippen LogP contribution in [-0.2, 0) is 4.79 Å². The molecule has 2 saturated heterocycles. The van der Waals surface area contributed by atoms with Crippen LogP contribution in [-0.4, -0.2) is 23.4 Å². The number of fused-ring (bicyclic) bond motifs is 3. The maximum atomic E-state index is 11.4. The van der Waals surface area contributed by atoms with Gasteiger partial charge in [0.25, 0.3) is 0 Å². The van der Waals surface area contributed by atoms with E-state index in [1.165, 1.54) is 19.3 Å². The Kier molecular flexibility index (Phi) is 2.54. The zero-order chi connectivity index (χ0) is 10.3. The molecule has 3 unspecified atom stereocenters. The van der Waals surface area contributed by atoms with Gasteiger partial charge in [0.15, 0.2) is 0 Å². The molecule has 2 nitrogen and oxygen atoms in total. The van der Waals surface area contributed by atoms with E-state index in [9.17, 15) is 4.79 Å². The van der Waals surface area contributed by atoms with Crippen molar-refractivity contribution in [3.8, 4) is 0 Å². The Morgan fingerprint density at radius 3 is 2.50 bits per heavy atom. The van der Waals surface area contributed by atoms with Gasteiger partial charge in [-0.3, -0.25) is 4.79 Å². The van der Waals surface area contributed by atoms with E-state index in [1.807, 2.05) is 0 Å². The second-order valence-electron chi connectivity index (χ2n) is 5.31. The van der Waals surface area contributed by atoms with Crippen LogP contribution in [0.1, 0.15) is 40.0 Å². The molecule has 1 saturated carbocycles. The van der Waals surface area contributed by atoms with Crippen molar-refractivity contribution in [3.05, 3.63) is 0 Å². The van der Waals surface area contributed by atoms with Gasteiger partial charge in [-0.05, 0) is 37.0 Å². The number of hydrogen-bond donors (Lipinski definition) is 0. The molecule has 14 heavy (non-hydrogen) atoms. The van der Waals surface area contributed by atoms with E-state index in [-0.39, 0.29) is 5.91 Å². The third-order valence-corrected chi connectivity index (χ3v) is 4.15. The number of nitrogens with zero attached hydrogens (tertiary/aromatic N) is 1. The van der Waals surface area contributed by atoms with E-state index < -0.39 is 0 Å². The minimum absolute atomic E-state index is 0.280. The molecule has 0 radical (unpaired) electrons. The van der Waals surface area contributed by atoms with Gasteiger partial charge in [-0.1, -0.05) is 13.8 Å². The second-order valence-corrected chi connectivity index (χ2v) is 5.31. The molecule has 3 aliphatic rings. The predicted octanol–water partition coefficient (Wildman–Crippen LogP) is 2.29. The molecule has 2 heterocycles. The molecule has 3 atom stereocenters.